The molecule has 2 N–H and O–H groups in total. The zero-order chi connectivity index (χ0) is 24.7. The molecule has 0 radical (unpaired) electrons. The Labute approximate surface area is 212 Å². The number of benzene rings is 1. The van der Waals surface area contributed by atoms with E-state index in [9.17, 15) is 19.5 Å². The topological polar surface area (TPSA) is 99.6 Å². The Morgan fingerprint density at radius 2 is 1.85 bits per heavy atom. The molecule has 34 heavy (non-hydrogen) atoms. The van der Waals surface area contributed by atoms with Crippen molar-refractivity contribution >= 4 is 58.8 Å². The lowest BCUT2D eigenvalue weighted by Crippen LogP contribution is -2.48. The minimum atomic E-state index is -1.09. The fourth-order valence-electron chi connectivity index (χ4n) is 3.71. The minimum absolute atomic E-state index is 0.177. The number of likely N-dealkylation sites (tertiary alicyclic amines) is 1. The molecule has 1 aliphatic rings. The molecule has 1 fully saturated rings. The van der Waals surface area contributed by atoms with Crippen molar-refractivity contribution in [3.63, 3.8) is 0 Å². The molecule has 2 heterocycles. The normalized spacial score (nSPS) is 15.3. The van der Waals surface area contributed by atoms with E-state index in [-0.39, 0.29) is 24.2 Å². The van der Waals surface area contributed by atoms with Crippen LogP contribution in [-0.2, 0) is 20.8 Å². The fraction of sp³-hybridized carbons (Fsp3) is 0.333. The van der Waals surface area contributed by atoms with Crippen molar-refractivity contribution < 1.29 is 19.5 Å². The van der Waals surface area contributed by atoms with E-state index in [1.165, 1.54) is 17.8 Å². The molecule has 1 aliphatic heterocycles. The molecule has 1 aromatic heterocycles. The third-order valence-electron chi connectivity index (χ3n) is 5.68. The van der Waals surface area contributed by atoms with Gasteiger partial charge in [0.2, 0.25) is 11.8 Å². The van der Waals surface area contributed by atoms with Crippen LogP contribution in [0.4, 0.5) is 0 Å². The molecule has 10 heteroatoms. The summed E-state index contributed by atoms with van der Waals surface area (Å²) in [6.45, 7) is 0.812. The summed E-state index contributed by atoms with van der Waals surface area (Å²) in [4.78, 5) is 43.4. The molecule has 1 saturated heterocycles. The van der Waals surface area contributed by atoms with E-state index in [0.717, 1.165) is 10.5 Å². The second-order valence-corrected chi connectivity index (χ2v) is 9.48. The van der Waals surface area contributed by atoms with Crippen LogP contribution in [0.25, 0.3) is 6.08 Å². The number of hydrogen-bond acceptors (Lipinski definition) is 5. The lowest BCUT2D eigenvalue weighted by atomic mass is 9.95. The average Bonchev–Trinajstić information content (AvgIpc) is 2.85. The van der Waals surface area contributed by atoms with E-state index in [4.69, 9.17) is 23.2 Å². The number of carbonyl (C=O) groups excluding carboxylic acids is 2. The van der Waals surface area contributed by atoms with Crippen LogP contribution in [0.15, 0.2) is 47.6 Å². The standard InChI is InChI=1S/C24H25Cl2N3O4S/c1-34-19-4-2-16(21(25)22(19)26)3-5-20(30)29-12-8-17(9-13-29)23(31)28-18(24(32)33)14-15-6-10-27-11-7-15/h2-7,10-11,17-18H,8-9,12-14H2,1H3,(H,28,31)(H,32,33). The Hall–Kier alpha value is -2.55. The maximum Gasteiger partial charge on any atom is 0.326 e. The largest absolute Gasteiger partial charge is 0.480 e. The van der Waals surface area contributed by atoms with Gasteiger partial charge in [0.15, 0.2) is 0 Å². The van der Waals surface area contributed by atoms with Gasteiger partial charge in [0.1, 0.15) is 6.04 Å². The molecule has 7 nitrogen and oxygen atoms in total. The maximum atomic E-state index is 12.7. The third-order valence-corrected chi connectivity index (χ3v) is 7.47. The van der Waals surface area contributed by atoms with Gasteiger partial charge in [-0.1, -0.05) is 29.3 Å². The van der Waals surface area contributed by atoms with Crippen LogP contribution in [0.5, 0.6) is 0 Å². The van der Waals surface area contributed by atoms with Crippen molar-refractivity contribution in [3.8, 4) is 0 Å². The van der Waals surface area contributed by atoms with Crippen molar-refractivity contribution in [1.82, 2.24) is 15.2 Å². The van der Waals surface area contributed by atoms with Crippen LogP contribution >= 0.6 is 35.0 Å². The van der Waals surface area contributed by atoms with Gasteiger partial charge in [-0.2, -0.15) is 0 Å². The number of rotatable bonds is 8. The second-order valence-electron chi connectivity index (χ2n) is 7.88. The lowest BCUT2D eigenvalue weighted by Gasteiger charge is -2.31. The van der Waals surface area contributed by atoms with Gasteiger partial charge in [0.05, 0.1) is 10.0 Å². The zero-order valence-electron chi connectivity index (χ0n) is 18.5. The van der Waals surface area contributed by atoms with Gasteiger partial charge >= 0.3 is 5.97 Å². The van der Waals surface area contributed by atoms with Gasteiger partial charge in [-0.15, -0.1) is 11.8 Å². The minimum Gasteiger partial charge on any atom is -0.480 e. The van der Waals surface area contributed by atoms with Crippen molar-refractivity contribution in [3.05, 3.63) is 63.9 Å². The van der Waals surface area contributed by atoms with Crippen LogP contribution < -0.4 is 5.32 Å². The SMILES string of the molecule is CSc1ccc(C=CC(=O)N2CCC(C(=O)NC(Cc3ccncc3)C(=O)O)CC2)c(Cl)c1Cl. The summed E-state index contributed by atoms with van der Waals surface area (Å²) < 4.78 is 0. The predicted molar refractivity (Wildman–Crippen MR) is 134 cm³/mol. The first-order chi connectivity index (χ1) is 16.3. The number of carbonyl (C=O) groups is 3. The monoisotopic (exact) mass is 521 g/mol. The molecule has 2 aromatic rings. The van der Waals surface area contributed by atoms with Gasteiger partial charge < -0.3 is 15.3 Å². The smallest absolute Gasteiger partial charge is 0.326 e. The van der Waals surface area contributed by atoms with Gasteiger partial charge in [-0.3, -0.25) is 14.6 Å². The highest BCUT2D eigenvalue weighted by molar-refractivity contribution is 7.98. The van der Waals surface area contributed by atoms with Crippen LogP contribution in [0.2, 0.25) is 10.0 Å². The summed E-state index contributed by atoms with van der Waals surface area (Å²) in [5.41, 5.74) is 1.43. The summed E-state index contributed by atoms with van der Waals surface area (Å²) in [5, 5.41) is 13.0. The molecule has 2 amide bonds. The Kier molecular flexibility index (Phi) is 9.38. The fourth-order valence-corrected chi connectivity index (χ4v) is 4.88. The van der Waals surface area contributed by atoms with Crippen LogP contribution in [0.1, 0.15) is 24.0 Å². The number of nitrogens with zero attached hydrogens (tertiary/aromatic N) is 2. The second kappa shape index (κ2) is 12.2. The van der Waals surface area contributed by atoms with Crippen molar-refractivity contribution in [2.75, 3.05) is 19.3 Å². The third kappa shape index (κ3) is 6.74. The van der Waals surface area contributed by atoms with Gasteiger partial charge in [-0.05, 0) is 54.5 Å². The number of thioether (sulfide) groups is 1. The number of nitrogens with one attached hydrogen (secondary N) is 1. The molecule has 1 unspecified atom stereocenters. The number of carboxylic acids is 1. The molecule has 0 saturated carbocycles. The van der Waals surface area contributed by atoms with E-state index in [1.807, 2.05) is 18.4 Å². The van der Waals surface area contributed by atoms with E-state index in [1.54, 1.807) is 35.5 Å². The highest BCUT2D eigenvalue weighted by atomic mass is 35.5. The number of halogens is 2. The van der Waals surface area contributed by atoms with Gasteiger partial charge in [-0.25, -0.2) is 4.79 Å². The van der Waals surface area contributed by atoms with Gasteiger partial charge in [0.25, 0.3) is 0 Å². The van der Waals surface area contributed by atoms with Crippen LogP contribution in [0.3, 0.4) is 0 Å². The number of aromatic nitrogens is 1. The van der Waals surface area contributed by atoms with Crippen LogP contribution in [-0.4, -0.2) is 58.2 Å². The molecular weight excluding hydrogens is 497 g/mol. The number of amides is 2. The predicted octanol–water partition coefficient (Wildman–Crippen LogP) is 4.17. The van der Waals surface area contributed by atoms with Gasteiger partial charge in [0, 0.05) is 48.8 Å². The summed E-state index contributed by atoms with van der Waals surface area (Å²) >= 11 is 14.0. The molecule has 0 spiro atoms. The molecule has 1 atom stereocenters. The average molecular weight is 522 g/mol. The highest BCUT2D eigenvalue weighted by Gasteiger charge is 2.29. The summed E-state index contributed by atoms with van der Waals surface area (Å²) in [7, 11) is 0. The Morgan fingerprint density at radius 3 is 2.47 bits per heavy atom. The van der Waals surface area contributed by atoms with Crippen LogP contribution in [0, 0.1) is 5.92 Å². The first-order valence-corrected chi connectivity index (χ1v) is 12.7. The lowest BCUT2D eigenvalue weighted by molar-refractivity contribution is -0.142. The zero-order valence-corrected chi connectivity index (χ0v) is 20.9. The van der Waals surface area contributed by atoms with E-state index >= 15 is 0 Å². The molecule has 1 aromatic carbocycles. The molecular formula is C24H25Cl2N3O4S. The quantitative estimate of drug-likeness (QED) is 0.399. The number of pyridine rings is 1. The molecule has 180 valence electrons. The van der Waals surface area contributed by atoms with Crippen molar-refractivity contribution in [1.29, 1.82) is 0 Å². The number of aliphatic carboxylic acids is 1. The molecule has 3 rings (SSSR count). The van der Waals surface area contributed by atoms with E-state index < -0.39 is 12.0 Å². The van der Waals surface area contributed by atoms with E-state index in [2.05, 4.69) is 10.3 Å². The van der Waals surface area contributed by atoms with Crippen molar-refractivity contribution in [2.45, 2.75) is 30.2 Å². The Bertz CT molecular complexity index is 1070. The Balaban J connectivity index is 1.53. The highest BCUT2D eigenvalue weighted by Crippen LogP contribution is 2.35. The summed E-state index contributed by atoms with van der Waals surface area (Å²) in [6.07, 6.45) is 9.25. The summed E-state index contributed by atoms with van der Waals surface area (Å²) in [6, 6.07) is 6.08. The van der Waals surface area contributed by atoms with Crippen molar-refractivity contribution in [2.24, 2.45) is 5.92 Å². The van der Waals surface area contributed by atoms with E-state index in [0.29, 0.717) is 41.5 Å². The number of carboxylic acid groups (broad SMARTS) is 1. The first-order valence-electron chi connectivity index (χ1n) is 10.7. The number of hydrogen-bond donors (Lipinski definition) is 2. The number of piperidine rings is 1. The Morgan fingerprint density at radius 1 is 1.18 bits per heavy atom. The molecule has 0 aliphatic carbocycles. The summed E-state index contributed by atoms with van der Waals surface area (Å²) in [5.74, 6) is -1.92. The maximum absolute atomic E-state index is 12.7. The first kappa shape index (κ1) is 26.1. The molecule has 0 bridgehead atoms.